The third-order valence-corrected chi connectivity index (χ3v) is 4.48. The van der Waals surface area contributed by atoms with Gasteiger partial charge in [-0.3, -0.25) is 0 Å². The molecular weight excluding hydrogens is 232 g/mol. The minimum Gasteiger partial charge on any atom is -0.397 e. The van der Waals surface area contributed by atoms with Crippen LogP contribution in [-0.2, 0) is 6.42 Å². The highest BCUT2D eigenvalue weighted by Gasteiger charge is 2.16. The van der Waals surface area contributed by atoms with Crippen LogP contribution in [0, 0.1) is 0 Å². The number of nitrogens with zero attached hydrogens (tertiary/aromatic N) is 3. The number of nitrogen functional groups attached to an aromatic ring is 1. The summed E-state index contributed by atoms with van der Waals surface area (Å²) in [5.74, 6) is 2.22. The lowest BCUT2D eigenvalue weighted by molar-refractivity contribution is 0.647. The predicted octanol–water partition coefficient (Wildman–Crippen LogP) is 2.14. The van der Waals surface area contributed by atoms with Gasteiger partial charge >= 0.3 is 0 Å². The zero-order valence-electron chi connectivity index (χ0n) is 9.67. The molecule has 2 N–H and O–H groups in total. The molecule has 2 aromatic rings. The summed E-state index contributed by atoms with van der Waals surface area (Å²) in [6, 6.07) is 3.78. The van der Waals surface area contributed by atoms with Crippen LogP contribution in [0.3, 0.4) is 0 Å². The molecule has 5 heteroatoms. The van der Waals surface area contributed by atoms with Gasteiger partial charge in [-0.2, -0.15) is 16.9 Å². The summed E-state index contributed by atoms with van der Waals surface area (Å²) >= 11 is 2.06. The molecule has 2 aromatic heterocycles. The van der Waals surface area contributed by atoms with E-state index in [1.807, 2.05) is 18.3 Å². The minimum absolute atomic E-state index is 0.693. The molecule has 1 fully saturated rings. The van der Waals surface area contributed by atoms with Crippen molar-refractivity contribution in [1.82, 2.24) is 14.6 Å². The second-order valence-electron chi connectivity index (χ2n) is 4.49. The smallest absolute Gasteiger partial charge is 0.155 e. The van der Waals surface area contributed by atoms with E-state index in [2.05, 4.69) is 21.8 Å². The SMILES string of the molecule is Nc1ccc2nc(CC3CCCCS3)nn2c1. The van der Waals surface area contributed by atoms with Gasteiger partial charge in [0, 0.05) is 11.7 Å². The molecule has 0 spiro atoms. The standard InChI is InChI=1S/C12H16N4S/c13-9-4-5-12-14-11(15-16(12)8-9)7-10-3-1-2-6-17-10/h4-5,8,10H,1-3,6-7,13H2. The second-order valence-corrected chi connectivity index (χ2v) is 5.89. The lowest BCUT2D eigenvalue weighted by Crippen LogP contribution is -2.13. The Kier molecular flexibility index (Phi) is 2.93. The molecule has 0 radical (unpaired) electrons. The Morgan fingerprint density at radius 1 is 1.41 bits per heavy atom. The Labute approximate surface area is 105 Å². The Morgan fingerprint density at radius 3 is 3.18 bits per heavy atom. The highest BCUT2D eigenvalue weighted by Crippen LogP contribution is 2.27. The summed E-state index contributed by atoms with van der Waals surface area (Å²) in [5, 5.41) is 5.17. The zero-order valence-corrected chi connectivity index (χ0v) is 10.5. The van der Waals surface area contributed by atoms with Crippen LogP contribution in [0.5, 0.6) is 0 Å². The normalized spacial score (nSPS) is 20.8. The van der Waals surface area contributed by atoms with Gasteiger partial charge in [0.05, 0.1) is 11.9 Å². The Bertz CT molecular complexity index is 516. The van der Waals surface area contributed by atoms with Gasteiger partial charge in [0.1, 0.15) is 0 Å². The van der Waals surface area contributed by atoms with Crippen LogP contribution >= 0.6 is 11.8 Å². The van der Waals surface area contributed by atoms with Crippen molar-refractivity contribution in [2.45, 2.75) is 30.9 Å². The fourth-order valence-electron chi connectivity index (χ4n) is 2.20. The average Bonchev–Trinajstić information content (AvgIpc) is 2.71. The molecule has 3 rings (SSSR count). The molecule has 1 unspecified atom stereocenters. The van der Waals surface area contributed by atoms with Crippen LogP contribution in [0.15, 0.2) is 18.3 Å². The molecule has 1 saturated heterocycles. The number of hydrogen-bond donors (Lipinski definition) is 1. The largest absolute Gasteiger partial charge is 0.397 e. The van der Waals surface area contributed by atoms with Gasteiger partial charge in [-0.15, -0.1) is 0 Å². The molecule has 1 aliphatic rings. The van der Waals surface area contributed by atoms with Crippen molar-refractivity contribution in [3.05, 3.63) is 24.2 Å². The number of rotatable bonds is 2. The molecule has 0 saturated carbocycles. The van der Waals surface area contributed by atoms with Crippen LogP contribution in [-0.4, -0.2) is 25.6 Å². The zero-order chi connectivity index (χ0) is 11.7. The molecular formula is C12H16N4S. The maximum absolute atomic E-state index is 5.72. The van der Waals surface area contributed by atoms with E-state index >= 15 is 0 Å². The third kappa shape index (κ3) is 2.39. The Hall–Kier alpha value is -1.23. The first-order valence-corrected chi connectivity index (χ1v) is 7.08. The number of thioether (sulfide) groups is 1. The van der Waals surface area contributed by atoms with E-state index in [9.17, 15) is 0 Å². The average molecular weight is 248 g/mol. The number of nitrogens with two attached hydrogens (primary N) is 1. The number of hydrogen-bond acceptors (Lipinski definition) is 4. The van der Waals surface area contributed by atoms with Crippen LogP contribution < -0.4 is 5.73 Å². The van der Waals surface area contributed by atoms with Crippen LogP contribution in [0.1, 0.15) is 25.1 Å². The molecule has 1 atom stereocenters. The van der Waals surface area contributed by atoms with Crippen LogP contribution in [0.2, 0.25) is 0 Å². The lowest BCUT2D eigenvalue weighted by atomic mass is 10.1. The number of pyridine rings is 1. The first kappa shape index (κ1) is 10.9. The summed E-state index contributed by atoms with van der Waals surface area (Å²) in [6.45, 7) is 0. The van der Waals surface area contributed by atoms with E-state index in [-0.39, 0.29) is 0 Å². The minimum atomic E-state index is 0.693. The van der Waals surface area contributed by atoms with Gasteiger partial charge in [-0.1, -0.05) is 6.42 Å². The number of aromatic nitrogens is 3. The molecule has 3 heterocycles. The van der Waals surface area contributed by atoms with Gasteiger partial charge in [0.2, 0.25) is 0 Å². The van der Waals surface area contributed by atoms with Crippen molar-refractivity contribution >= 4 is 23.1 Å². The van der Waals surface area contributed by atoms with Crippen molar-refractivity contribution in [3.8, 4) is 0 Å². The highest BCUT2D eigenvalue weighted by atomic mass is 32.2. The van der Waals surface area contributed by atoms with Crippen molar-refractivity contribution in [3.63, 3.8) is 0 Å². The number of fused-ring (bicyclic) bond motifs is 1. The molecule has 1 aliphatic heterocycles. The van der Waals surface area contributed by atoms with Crippen LogP contribution in [0.4, 0.5) is 5.69 Å². The Balaban J connectivity index is 1.80. The van der Waals surface area contributed by atoms with Gasteiger partial charge in [0.25, 0.3) is 0 Å². The summed E-state index contributed by atoms with van der Waals surface area (Å²) in [4.78, 5) is 4.53. The van der Waals surface area contributed by atoms with Gasteiger partial charge in [-0.05, 0) is 30.7 Å². The van der Waals surface area contributed by atoms with Crippen molar-refractivity contribution in [2.24, 2.45) is 0 Å². The maximum Gasteiger partial charge on any atom is 0.155 e. The van der Waals surface area contributed by atoms with Gasteiger partial charge in [-0.25, -0.2) is 9.50 Å². The molecule has 17 heavy (non-hydrogen) atoms. The van der Waals surface area contributed by atoms with Crippen molar-refractivity contribution in [2.75, 3.05) is 11.5 Å². The predicted molar refractivity (Wildman–Crippen MR) is 71.2 cm³/mol. The van der Waals surface area contributed by atoms with E-state index in [1.165, 1.54) is 25.0 Å². The van der Waals surface area contributed by atoms with E-state index in [4.69, 9.17) is 5.73 Å². The summed E-state index contributed by atoms with van der Waals surface area (Å²) < 4.78 is 1.78. The summed E-state index contributed by atoms with van der Waals surface area (Å²) in [5.41, 5.74) is 7.33. The monoisotopic (exact) mass is 248 g/mol. The molecule has 0 aromatic carbocycles. The first-order chi connectivity index (χ1) is 8.31. The van der Waals surface area contributed by atoms with Crippen LogP contribution in [0.25, 0.3) is 5.65 Å². The van der Waals surface area contributed by atoms with Gasteiger partial charge in [0.15, 0.2) is 11.5 Å². The van der Waals surface area contributed by atoms with Crippen molar-refractivity contribution in [1.29, 1.82) is 0 Å². The number of anilines is 1. The van der Waals surface area contributed by atoms with E-state index in [1.54, 1.807) is 4.52 Å². The summed E-state index contributed by atoms with van der Waals surface area (Å²) in [7, 11) is 0. The fraction of sp³-hybridized carbons (Fsp3) is 0.500. The van der Waals surface area contributed by atoms with E-state index < -0.39 is 0 Å². The topological polar surface area (TPSA) is 56.2 Å². The van der Waals surface area contributed by atoms with Crippen molar-refractivity contribution < 1.29 is 0 Å². The lowest BCUT2D eigenvalue weighted by Gasteiger charge is -2.19. The Morgan fingerprint density at radius 2 is 2.35 bits per heavy atom. The third-order valence-electron chi connectivity index (χ3n) is 3.08. The first-order valence-electron chi connectivity index (χ1n) is 6.04. The van der Waals surface area contributed by atoms with Gasteiger partial charge < -0.3 is 5.73 Å². The second kappa shape index (κ2) is 4.56. The van der Waals surface area contributed by atoms with E-state index in [0.29, 0.717) is 5.25 Å². The highest BCUT2D eigenvalue weighted by molar-refractivity contribution is 7.99. The maximum atomic E-state index is 5.72. The molecule has 0 amide bonds. The molecule has 4 nitrogen and oxygen atoms in total. The molecule has 0 bridgehead atoms. The quantitative estimate of drug-likeness (QED) is 0.884. The molecule has 0 aliphatic carbocycles. The molecule has 90 valence electrons. The summed E-state index contributed by atoms with van der Waals surface area (Å²) in [6.07, 6.45) is 6.79. The fourth-order valence-corrected chi connectivity index (χ4v) is 3.51. The van der Waals surface area contributed by atoms with E-state index in [0.717, 1.165) is 23.6 Å².